The lowest BCUT2D eigenvalue weighted by molar-refractivity contribution is 0.593. The first kappa shape index (κ1) is 14.9. The lowest BCUT2D eigenvalue weighted by Gasteiger charge is -2.19. The van der Waals surface area contributed by atoms with Crippen molar-refractivity contribution in [1.82, 2.24) is 0 Å². The maximum absolute atomic E-state index is 14.3. The van der Waals surface area contributed by atoms with Gasteiger partial charge in [0, 0.05) is 19.5 Å². The second kappa shape index (κ2) is 5.77. The van der Waals surface area contributed by atoms with Crippen LogP contribution >= 0.6 is 29.7 Å². The molecular weight excluding hydrogens is 414 g/mol. The predicted octanol–water partition coefficient (Wildman–Crippen LogP) is 5.27. The predicted molar refractivity (Wildman–Crippen MR) is 107 cm³/mol. The van der Waals surface area contributed by atoms with Gasteiger partial charge in [0.15, 0.2) is 7.14 Å². The van der Waals surface area contributed by atoms with Gasteiger partial charge in [0.25, 0.3) is 0 Å². The van der Waals surface area contributed by atoms with E-state index in [1.54, 1.807) is 0 Å². The van der Waals surface area contributed by atoms with Crippen LogP contribution in [0.5, 0.6) is 0 Å². The molecule has 0 fully saturated rings. The van der Waals surface area contributed by atoms with E-state index in [4.69, 9.17) is 0 Å². The molecule has 3 aromatic rings. The monoisotopic (exact) mass is 428 g/mol. The van der Waals surface area contributed by atoms with Crippen molar-refractivity contribution in [3.63, 3.8) is 0 Å². The van der Waals surface area contributed by atoms with Crippen molar-refractivity contribution in [3.05, 3.63) is 96.1 Å². The number of rotatable bonds is 2. The third kappa shape index (κ3) is 2.24. The molecule has 0 bridgehead atoms. The van der Waals surface area contributed by atoms with Gasteiger partial charge >= 0.3 is 0 Å². The molecule has 3 aromatic carbocycles. The number of fused-ring (bicyclic) bond motifs is 1. The topological polar surface area (TPSA) is 17.1 Å². The van der Waals surface area contributed by atoms with E-state index in [9.17, 15) is 4.57 Å². The summed E-state index contributed by atoms with van der Waals surface area (Å²) < 4.78 is 15.4. The molecule has 0 amide bonds. The van der Waals surface area contributed by atoms with Crippen molar-refractivity contribution < 1.29 is 4.57 Å². The standard InChI is InChI=1S/C20H14IOP/c21-19-17-13-7-8-14-18(17)23(22,16-11-5-2-6-12-16)20(19)15-9-3-1-4-10-15/h1-14H. The van der Waals surface area contributed by atoms with E-state index in [2.05, 4.69) is 40.8 Å². The molecule has 1 aliphatic rings. The van der Waals surface area contributed by atoms with Gasteiger partial charge in [-0.1, -0.05) is 84.9 Å². The molecule has 1 atom stereocenters. The van der Waals surface area contributed by atoms with Crippen LogP contribution in [0.3, 0.4) is 0 Å². The Morgan fingerprint density at radius 1 is 0.696 bits per heavy atom. The fraction of sp³-hybridized carbons (Fsp3) is 0. The summed E-state index contributed by atoms with van der Waals surface area (Å²) in [6.45, 7) is 0. The molecule has 0 aliphatic carbocycles. The van der Waals surface area contributed by atoms with Crippen molar-refractivity contribution in [2.24, 2.45) is 0 Å². The van der Waals surface area contributed by atoms with Gasteiger partial charge in [-0.25, -0.2) is 0 Å². The Morgan fingerprint density at radius 3 is 1.96 bits per heavy atom. The molecule has 3 heteroatoms. The number of hydrogen-bond donors (Lipinski definition) is 0. The molecule has 112 valence electrons. The van der Waals surface area contributed by atoms with Crippen molar-refractivity contribution in [2.75, 3.05) is 0 Å². The maximum Gasteiger partial charge on any atom is 0.173 e. The SMILES string of the molecule is O=P1(c2ccccc2)C(c2ccccc2)=C(I)c2ccccc21. The Balaban J connectivity index is 2.08. The Morgan fingerprint density at radius 2 is 1.26 bits per heavy atom. The largest absolute Gasteiger partial charge is 0.309 e. The van der Waals surface area contributed by atoms with Gasteiger partial charge < -0.3 is 4.57 Å². The molecule has 1 aliphatic heterocycles. The Kier molecular flexibility index (Phi) is 3.74. The van der Waals surface area contributed by atoms with E-state index >= 15 is 0 Å². The third-order valence-electron chi connectivity index (χ3n) is 4.17. The number of hydrogen-bond acceptors (Lipinski definition) is 1. The van der Waals surface area contributed by atoms with Crippen LogP contribution in [-0.4, -0.2) is 0 Å². The Hall–Kier alpha value is -1.64. The molecule has 0 N–H and O–H groups in total. The molecule has 23 heavy (non-hydrogen) atoms. The van der Waals surface area contributed by atoms with Gasteiger partial charge in [-0.05, 0) is 33.7 Å². The lowest BCUT2D eigenvalue weighted by Crippen LogP contribution is -2.15. The average Bonchev–Trinajstić information content (AvgIpc) is 2.86. The zero-order chi connectivity index (χ0) is 15.9. The van der Waals surface area contributed by atoms with E-state index in [1.165, 1.54) is 0 Å². The lowest BCUT2D eigenvalue weighted by atomic mass is 10.1. The second-order valence-electron chi connectivity index (χ2n) is 5.49. The first-order valence-corrected chi connectivity index (χ1v) is 10.2. The quantitative estimate of drug-likeness (QED) is 0.401. The molecule has 0 saturated heterocycles. The van der Waals surface area contributed by atoms with Crippen molar-refractivity contribution >= 4 is 49.2 Å². The summed E-state index contributed by atoms with van der Waals surface area (Å²) in [7, 11) is -2.83. The highest BCUT2D eigenvalue weighted by Crippen LogP contribution is 2.65. The molecule has 0 aromatic heterocycles. The molecule has 0 spiro atoms. The van der Waals surface area contributed by atoms with Gasteiger partial charge in [-0.2, -0.15) is 0 Å². The fourth-order valence-electron chi connectivity index (χ4n) is 3.13. The molecular formula is C20H14IOP. The van der Waals surface area contributed by atoms with E-state index in [-0.39, 0.29) is 0 Å². The minimum Gasteiger partial charge on any atom is -0.309 e. The normalized spacial score (nSPS) is 19.7. The van der Waals surface area contributed by atoms with Crippen LogP contribution in [0.25, 0.3) is 8.89 Å². The molecule has 1 heterocycles. The van der Waals surface area contributed by atoms with E-state index < -0.39 is 7.14 Å². The summed E-state index contributed by atoms with van der Waals surface area (Å²) in [6, 6.07) is 28.0. The van der Waals surface area contributed by atoms with Crippen LogP contribution in [0.1, 0.15) is 11.1 Å². The highest BCUT2D eigenvalue weighted by atomic mass is 127. The fourth-order valence-corrected chi connectivity index (χ4v) is 8.25. The van der Waals surface area contributed by atoms with Crippen molar-refractivity contribution in [1.29, 1.82) is 0 Å². The summed E-state index contributed by atoms with van der Waals surface area (Å²) in [5.41, 5.74) is 2.14. The second-order valence-corrected chi connectivity index (χ2v) is 9.23. The van der Waals surface area contributed by atoms with Crippen LogP contribution in [0, 0.1) is 0 Å². The third-order valence-corrected chi connectivity index (χ3v) is 8.92. The minimum atomic E-state index is -2.83. The summed E-state index contributed by atoms with van der Waals surface area (Å²) in [5, 5.41) is 2.82. The van der Waals surface area contributed by atoms with E-state index in [0.717, 1.165) is 30.6 Å². The molecule has 0 saturated carbocycles. The molecule has 0 radical (unpaired) electrons. The Bertz CT molecular complexity index is 946. The highest BCUT2D eigenvalue weighted by molar-refractivity contribution is 14.1. The first-order chi connectivity index (χ1) is 11.2. The van der Waals surface area contributed by atoms with Crippen LogP contribution in [0.15, 0.2) is 84.9 Å². The van der Waals surface area contributed by atoms with E-state index in [1.807, 2.05) is 66.7 Å². The summed E-state index contributed by atoms with van der Waals surface area (Å²) in [5.74, 6) is 0. The van der Waals surface area contributed by atoms with Crippen LogP contribution < -0.4 is 10.6 Å². The van der Waals surface area contributed by atoms with Gasteiger partial charge in [-0.3, -0.25) is 0 Å². The van der Waals surface area contributed by atoms with Crippen LogP contribution in [0.2, 0.25) is 0 Å². The maximum atomic E-state index is 14.3. The first-order valence-electron chi connectivity index (χ1n) is 7.44. The van der Waals surface area contributed by atoms with E-state index in [0.29, 0.717) is 0 Å². The summed E-state index contributed by atoms with van der Waals surface area (Å²) >= 11 is 2.35. The van der Waals surface area contributed by atoms with Crippen molar-refractivity contribution in [2.45, 2.75) is 0 Å². The summed E-state index contributed by atoms with van der Waals surface area (Å²) in [4.78, 5) is 0. The van der Waals surface area contributed by atoms with Gasteiger partial charge in [0.05, 0.1) is 0 Å². The van der Waals surface area contributed by atoms with Crippen molar-refractivity contribution in [3.8, 4) is 0 Å². The average molecular weight is 428 g/mol. The zero-order valence-electron chi connectivity index (χ0n) is 12.3. The number of halogens is 1. The summed E-state index contributed by atoms with van der Waals surface area (Å²) in [6.07, 6.45) is 0. The smallest absolute Gasteiger partial charge is 0.173 e. The van der Waals surface area contributed by atoms with Gasteiger partial charge in [0.2, 0.25) is 0 Å². The minimum absolute atomic E-state index is 0.901. The van der Waals surface area contributed by atoms with Gasteiger partial charge in [0.1, 0.15) is 0 Å². The number of benzene rings is 3. The van der Waals surface area contributed by atoms with Crippen LogP contribution in [-0.2, 0) is 4.57 Å². The van der Waals surface area contributed by atoms with Gasteiger partial charge in [-0.15, -0.1) is 0 Å². The Labute approximate surface area is 149 Å². The molecule has 1 nitrogen and oxygen atoms in total. The molecule has 4 rings (SSSR count). The zero-order valence-corrected chi connectivity index (χ0v) is 15.4. The van der Waals surface area contributed by atoms with Crippen LogP contribution in [0.4, 0.5) is 0 Å². The molecule has 1 unspecified atom stereocenters. The highest BCUT2D eigenvalue weighted by Gasteiger charge is 2.41.